The Morgan fingerprint density at radius 1 is 0.977 bits per heavy atom. The van der Waals surface area contributed by atoms with E-state index in [1.807, 2.05) is 6.92 Å². The number of benzene rings is 1. The topological polar surface area (TPSA) is 218 Å². The molecule has 0 saturated heterocycles. The van der Waals surface area contributed by atoms with E-state index in [9.17, 15) is 33.5 Å². The predicted molar refractivity (Wildman–Crippen MR) is 152 cm³/mol. The zero-order valence-corrected chi connectivity index (χ0v) is 24.3. The molecule has 1 unspecified atom stereocenters. The van der Waals surface area contributed by atoms with E-state index in [1.54, 1.807) is 23.1 Å². The van der Waals surface area contributed by atoms with Gasteiger partial charge in [-0.15, -0.1) is 0 Å². The number of carbonyl (C=O) groups is 2. The van der Waals surface area contributed by atoms with E-state index in [0.717, 1.165) is 24.0 Å². The second kappa shape index (κ2) is 12.1. The van der Waals surface area contributed by atoms with Crippen molar-refractivity contribution >= 4 is 45.8 Å². The third-order valence-corrected chi connectivity index (χ3v) is 6.42. The first-order valence-corrected chi connectivity index (χ1v) is 13.8. The van der Waals surface area contributed by atoms with E-state index >= 15 is 0 Å². The molecule has 0 radical (unpaired) electrons. The standard InChI is InChI=1S/C25H28FN9O7S/c1-12-6-21(32-34(12)2)29-20-10-16(15(11-27-20)23(36)30-25(38,39)40)28-18-8-13(26)7-14(22(18)42-4)17-9-19(35(3)31-17)24(37)33-43(5)41/h6-11,38-40H,1-5H3,(H,30,36)(H,33,37)(H2,27,28,29,32). The molecular formula is C25H28FN9O7S. The van der Waals surface area contributed by atoms with Crippen LogP contribution < -0.4 is 25.4 Å². The number of methoxy groups -OCH3 is 1. The van der Waals surface area contributed by atoms with Gasteiger partial charge in [-0.1, -0.05) is 0 Å². The number of aliphatic hydroxyl groups is 3. The zero-order valence-electron chi connectivity index (χ0n) is 23.5. The Labute approximate surface area is 246 Å². The fourth-order valence-electron chi connectivity index (χ4n) is 4.02. The first kappa shape index (κ1) is 31.0. The number of anilines is 4. The monoisotopic (exact) mass is 617 g/mol. The SMILES string of the molecule is COc1c(Nc2cc(Nc3cc(C)n(C)n3)ncc2C(=O)NC(O)(O)O)cc(F)cc1-c1cc(C(=O)NS(C)=O)n(C)n1. The van der Waals surface area contributed by atoms with E-state index in [2.05, 4.69) is 30.5 Å². The highest BCUT2D eigenvalue weighted by Crippen LogP contribution is 2.39. The van der Waals surface area contributed by atoms with Crippen molar-refractivity contribution in [2.45, 2.75) is 13.0 Å². The van der Waals surface area contributed by atoms with Crippen molar-refractivity contribution in [1.82, 2.24) is 34.6 Å². The lowest BCUT2D eigenvalue weighted by Gasteiger charge is -2.19. The van der Waals surface area contributed by atoms with Crippen molar-refractivity contribution in [3.05, 3.63) is 59.3 Å². The summed E-state index contributed by atoms with van der Waals surface area (Å²) in [7, 11) is 2.90. The van der Waals surface area contributed by atoms with Gasteiger partial charge in [-0.25, -0.2) is 13.6 Å². The number of nitrogens with one attached hydrogen (secondary N) is 4. The molecule has 228 valence electrons. The van der Waals surface area contributed by atoms with Gasteiger partial charge in [0, 0.05) is 56.0 Å². The van der Waals surface area contributed by atoms with Crippen LogP contribution in [0.3, 0.4) is 0 Å². The number of pyridine rings is 1. The van der Waals surface area contributed by atoms with E-state index < -0.39 is 34.7 Å². The molecule has 0 saturated carbocycles. The molecule has 1 aromatic carbocycles. The van der Waals surface area contributed by atoms with Crippen LogP contribution in [0.15, 0.2) is 36.5 Å². The highest BCUT2D eigenvalue weighted by Gasteiger charge is 2.26. The number of hydrogen-bond donors (Lipinski definition) is 7. The van der Waals surface area contributed by atoms with Gasteiger partial charge in [0.25, 0.3) is 11.8 Å². The van der Waals surface area contributed by atoms with Crippen molar-refractivity contribution in [2.75, 3.05) is 24.0 Å². The largest absolute Gasteiger partial charge is 0.494 e. The molecule has 0 fully saturated rings. The molecule has 43 heavy (non-hydrogen) atoms. The molecule has 0 aliphatic rings. The molecule has 16 nitrogen and oxygen atoms in total. The van der Waals surface area contributed by atoms with E-state index in [0.29, 0.717) is 5.82 Å². The summed E-state index contributed by atoms with van der Waals surface area (Å²) in [4.78, 5) is 29.4. The molecule has 4 rings (SSSR count). The minimum atomic E-state index is -3.53. The van der Waals surface area contributed by atoms with Crippen LogP contribution in [0.1, 0.15) is 26.5 Å². The summed E-state index contributed by atoms with van der Waals surface area (Å²) < 4.78 is 37.1. The number of amides is 2. The van der Waals surface area contributed by atoms with Gasteiger partial charge in [-0.3, -0.25) is 29.0 Å². The Balaban J connectivity index is 1.79. The van der Waals surface area contributed by atoms with Gasteiger partial charge in [0.1, 0.15) is 28.3 Å². The number of nitrogens with zero attached hydrogens (tertiary/aromatic N) is 5. The second-order valence-corrected chi connectivity index (χ2v) is 10.3. The third-order valence-electron chi connectivity index (χ3n) is 5.95. The summed E-state index contributed by atoms with van der Waals surface area (Å²) in [5, 5.41) is 43.9. The number of carbonyl (C=O) groups excluding carboxylic acids is 2. The zero-order chi connectivity index (χ0) is 31.6. The molecule has 7 N–H and O–H groups in total. The number of ether oxygens (including phenoxy) is 1. The highest BCUT2D eigenvalue weighted by molar-refractivity contribution is 7.82. The highest BCUT2D eigenvalue weighted by atomic mass is 32.2. The Hall–Kier alpha value is -4.91. The lowest BCUT2D eigenvalue weighted by Crippen LogP contribution is -2.48. The van der Waals surface area contributed by atoms with Gasteiger partial charge in [-0.2, -0.15) is 10.2 Å². The van der Waals surface area contributed by atoms with Gasteiger partial charge in [0.05, 0.1) is 29.7 Å². The molecule has 0 spiro atoms. The predicted octanol–water partition coefficient (Wildman–Crippen LogP) is 0.500. The van der Waals surface area contributed by atoms with Crippen LogP contribution in [0, 0.1) is 12.7 Å². The summed E-state index contributed by atoms with van der Waals surface area (Å²) in [6, 6.07) is 6.67. The minimum absolute atomic E-state index is 0.00644. The number of hydrogen-bond acceptors (Lipinski definition) is 12. The Morgan fingerprint density at radius 2 is 1.70 bits per heavy atom. The Morgan fingerprint density at radius 3 is 2.30 bits per heavy atom. The smallest absolute Gasteiger partial charge is 0.369 e. The van der Waals surface area contributed by atoms with Crippen LogP contribution >= 0.6 is 0 Å². The fourth-order valence-corrected chi connectivity index (χ4v) is 4.38. The molecule has 3 aromatic heterocycles. The summed E-state index contributed by atoms with van der Waals surface area (Å²) >= 11 is 0. The van der Waals surface area contributed by atoms with Crippen molar-refractivity contribution in [3.8, 4) is 17.0 Å². The van der Waals surface area contributed by atoms with E-state index in [4.69, 9.17) is 4.74 Å². The van der Waals surface area contributed by atoms with Crippen LogP contribution in [0.25, 0.3) is 11.3 Å². The van der Waals surface area contributed by atoms with Crippen molar-refractivity contribution < 1.29 is 38.2 Å². The lowest BCUT2D eigenvalue weighted by molar-refractivity contribution is -0.323. The maximum absolute atomic E-state index is 15.0. The van der Waals surface area contributed by atoms with Gasteiger partial charge >= 0.3 is 6.10 Å². The average Bonchev–Trinajstić information content (AvgIpc) is 3.43. The van der Waals surface area contributed by atoms with Crippen LogP contribution in [0.2, 0.25) is 0 Å². The van der Waals surface area contributed by atoms with Crippen molar-refractivity contribution in [3.63, 3.8) is 0 Å². The summed E-state index contributed by atoms with van der Waals surface area (Å²) in [5.41, 5.74) is 0.860. The Bertz CT molecular complexity index is 1710. The molecule has 0 aliphatic carbocycles. The molecule has 3 heterocycles. The lowest BCUT2D eigenvalue weighted by atomic mass is 10.1. The summed E-state index contributed by atoms with van der Waals surface area (Å²) in [5.74, 6) is -1.87. The number of aromatic nitrogens is 5. The number of rotatable bonds is 10. The van der Waals surface area contributed by atoms with Gasteiger partial charge < -0.3 is 30.7 Å². The molecule has 1 atom stereocenters. The molecule has 18 heteroatoms. The Kier molecular flexibility index (Phi) is 8.76. The second-order valence-electron chi connectivity index (χ2n) is 9.21. The molecule has 0 aliphatic heterocycles. The van der Waals surface area contributed by atoms with Crippen LogP contribution in [0.5, 0.6) is 5.75 Å². The quantitative estimate of drug-likeness (QED) is 0.121. The van der Waals surface area contributed by atoms with Crippen LogP contribution in [-0.4, -0.2) is 75.4 Å². The summed E-state index contributed by atoms with van der Waals surface area (Å²) in [6.45, 7) is 1.84. The number of aryl methyl sites for hydroxylation is 3. The fraction of sp³-hybridized carbons (Fsp3) is 0.240. The van der Waals surface area contributed by atoms with Crippen LogP contribution in [-0.2, 0) is 25.1 Å². The first-order chi connectivity index (χ1) is 20.1. The van der Waals surface area contributed by atoms with Gasteiger partial charge in [-0.05, 0) is 19.1 Å². The van der Waals surface area contributed by atoms with Gasteiger partial charge in [0.15, 0.2) is 11.6 Å². The minimum Gasteiger partial charge on any atom is -0.494 e. The maximum Gasteiger partial charge on any atom is 0.369 e. The summed E-state index contributed by atoms with van der Waals surface area (Å²) in [6.07, 6.45) is -1.17. The normalized spacial score (nSPS) is 12.0. The maximum atomic E-state index is 15.0. The van der Waals surface area contributed by atoms with Gasteiger partial charge in [0.2, 0.25) is 0 Å². The molecular weight excluding hydrogens is 589 g/mol. The van der Waals surface area contributed by atoms with E-state index in [1.165, 1.54) is 37.2 Å². The molecule has 2 amide bonds. The first-order valence-electron chi connectivity index (χ1n) is 12.3. The molecule has 0 bridgehead atoms. The average molecular weight is 618 g/mol. The number of halogens is 1. The van der Waals surface area contributed by atoms with E-state index in [-0.39, 0.29) is 45.5 Å². The van der Waals surface area contributed by atoms with Crippen LogP contribution in [0.4, 0.5) is 27.4 Å². The molecule has 4 aromatic rings. The third kappa shape index (κ3) is 7.30. The van der Waals surface area contributed by atoms with Crippen molar-refractivity contribution in [2.24, 2.45) is 14.1 Å². The van der Waals surface area contributed by atoms with Crippen molar-refractivity contribution in [1.29, 1.82) is 0 Å².